The van der Waals surface area contributed by atoms with Crippen molar-refractivity contribution in [1.82, 2.24) is 0 Å². The number of hydrogen-bond acceptors (Lipinski definition) is 3. The van der Waals surface area contributed by atoms with Crippen LogP contribution >= 0.6 is 0 Å². The second-order valence-corrected chi connectivity index (χ2v) is 4.12. The van der Waals surface area contributed by atoms with Crippen molar-refractivity contribution in [2.24, 2.45) is 5.73 Å². The molecule has 0 saturated heterocycles. The molecular weight excluding hydrogens is 210 g/mol. The number of hydrogen-bond donors (Lipinski definition) is 3. The van der Waals surface area contributed by atoms with E-state index < -0.39 is 0 Å². The Morgan fingerprint density at radius 1 is 0.706 bits per heavy atom. The Hall–Kier alpha value is -2.00. The number of benzene rings is 2. The Labute approximate surface area is 101 Å². The summed E-state index contributed by atoms with van der Waals surface area (Å²) in [4.78, 5) is 0. The second-order valence-electron chi connectivity index (χ2n) is 4.12. The van der Waals surface area contributed by atoms with Gasteiger partial charge in [0.1, 0.15) is 0 Å². The van der Waals surface area contributed by atoms with Crippen LogP contribution in [0.25, 0.3) is 0 Å². The molecule has 0 bridgehead atoms. The van der Waals surface area contributed by atoms with Gasteiger partial charge in [-0.2, -0.15) is 0 Å². The number of rotatable bonds is 3. The van der Waals surface area contributed by atoms with E-state index in [1.165, 1.54) is 11.1 Å². The van der Waals surface area contributed by atoms with Crippen LogP contribution < -0.4 is 17.2 Å². The molecule has 0 aliphatic rings. The molecule has 0 radical (unpaired) electrons. The first-order valence-electron chi connectivity index (χ1n) is 5.61. The van der Waals surface area contributed by atoms with Crippen LogP contribution in [-0.4, -0.2) is 6.54 Å². The summed E-state index contributed by atoms with van der Waals surface area (Å²) in [5.74, 6) is 0.191. The Bertz CT molecular complexity index is 428. The molecule has 0 saturated carbocycles. The van der Waals surface area contributed by atoms with Crippen LogP contribution in [0.1, 0.15) is 17.0 Å². The molecule has 2 rings (SSSR count). The maximum atomic E-state index is 5.85. The van der Waals surface area contributed by atoms with Gasteiger partial charge >= 0.3 is 0 Å². The summed E-state index contributed by atoms with van der Waals surface area (Å²) in [5.41, 5.74) is 21.1. The van der Waals surface area contributed by atoms with E-state index in [0.717, 1.165) is 11.4 Å². The van der Waals surface area contributed by atoms with Gasteiger partial charge in [-0.15, -0.1) is 0 Å². The fraction of sp³-hybridized carbons (Fsp3) is 0.143. The molecule has 6 N–H and O–H groups in total. The van der Waals surface area contributed by atoms with Gasteiger partial charge in [-0.05, 0) is 35.4 Å². The summed E-state index contributed by atoms with van der Waals surface area (Å²) >= 11 is 0. The highest BCUT2D eigenvalue weighted by Crippen LogP contribution is 2.24. The molecule has 0 spiro atoms. The minimum Gasteiger partial charge on any atom is -0.399 e. The fourth-order valence-electron chi connectivity index (χ4n) is 1.92. The largest absolute Gasteiger partial charge is 0.399 e. The van der Waals surface area contributed by atoms with Crippen molar-refractivity contribution in [2.45, 2.75) is 5.92 Å². The van der Waals surface area contributed by atoms with Crippen molar-refractivity contribution >= 4 is 11.4 Å². The first-order valence-corrected chi connectivity index (χ1v) is 5.61. The molecule has 0 atom stereocenters. The van der Waals surface area contributed by atoms with Crippen LogP contribution in [0.5, 0.6) is 0 Å². The molecule has 0 fully saturated rings. The molecule has 0 unspecified atom stereocenters. The molecular formula is C14H17N3. The molecule has 3 nitrogen and oxygen atoms in total. The van der Waals surface area contributed by atoms with Gasteiger partial charge in [0.25, 0.3) is 0 Å². The lowest BCUT2D eigenvalue weighted by Crippen LogP contribution is -2.13. The van der Waals surface area contributed by atoms with Gasteiger partial charge in [0, 0.05) is 23.8 Å². The number of anilines is 2. The highest BCUT2D eigenvalue weighted by molar-refractivity contribution is 5.45. The first-order chi connectivity index (χ1) is 8.20. The maximum Gasteiger partial charge on any atom is 0.0314 e. The molecule has 0 aliphatic carbocycles. The smallest absolute Gasteiger partial charge is 0.0314 e. The van der Waals surface area contributed by atoms with E-state index in [4.69, 9.17) is 17.2 Å². The second kappa shape index (κ2) is 4.89. The van der Waals surface area contributed by atoms with Crippen LogP contribution in [0.15, 0.2) is 48.5 Å². The van der Waals surface area contributed by atoms with Crippen molar-refractivity contribution < 1.29 is 0 Å². The Morgan fingerprint density at radius 3 is 1.35 bits per heavy atom. The van der Waals surface area contributed by atoms with Crippen LogP contribution in [0, 0.1) is 0 Å². The Balaban J connectivity index is 2.33. The van der Waals surface area contributed by atoms with Crippen LogP contribution in [0.2, 0.25) is 0 Å². The summed E-state index contributed by atoms with van der Waals surface area (Å²) in [7, 11) is 0. The van der Waals surface area contributed by atoms with Gasteiger partial charge in [-0.3, -0.25) is 0 Å². The Kier molecular flexibility index (Phi) is 3.30. The first kappa shape index (κ1) is 11.5. The average molecular weight is 227 g/mol. The van der Waals surface area contributed by atoms with Gasteiger partial charge in [0.05, 0.1) is 0 Å². The number of nitrogens with two attached hydrogens (primary N) is 3. The predicted molar refractivity (Wildman–Crippen MR) is 72.6 cm³/mol. The van der Waals surface area contributed by atoms with Crippen molar-refractivity contribution in [3.63, 3.8) is 0 Å². The van der Waals surface area contributed by atoms with Gasteiger partial charge < -0.3 is 17.2 Å². The molecule has 17 heavy (non-hydrogen) atoms. The zero-order valence-corrected chi connectivity index (χ0v) is 9.64. The lowest BCUT2D eigenvalue weighted by molar-refractivity contribution is 0.819. The van der Waals surface area contributed by atoms with Gasteiger partial charge in [0.15, 0.2) is 0 Å². The van der Waals surface area contributed by atoms with E-state index in [-0.39, 0.29) is 5.92 Å². The topological polar surface area (TPSA) is 78.1 Å². The maximum absolute atomic E-state index is 5.85. The van der Waals surface area contributed by atoms with Crippen molar-refractivity contribution in [3.8, 4) is 0 Å². The van der Waals surface area contributed by atoms with E-state index in [1.807, 2.05) is 48.5 Å². The molecule has 0 aliphatic heterocycles. The molecule has 3 heteroatoms. The molecule has 0 aromatic heterocycles. The predicted octanol–water partition coefficient (Wildman–Crippen LogP) is 1.94. The molecule has 2 aromatic carbocycles. The van der Waals surface area contributed by atoms with Crippen LogP contribution in [0.4, 0.5) is 11.4 Å². The zero-order valence-electron chi connectivity index (χ0n) is 9.64. The van der Waals surface area contributed by atoms with Crippen molar-refractivity contribution in [1.29, 1.82) is 0 Å². The minimum absolute atomic E-state index is 0.191. The fourth-order valence-corrected chi connectivity index (χ4v) is 1.92. The van der Waals surface area contributed by atoms with E-state index in [9.17, 15) is 0 Å². The molecule has 0 heterocycles. The third-order valence-corrected chi connectivity index (χ3v) is 2.91. The van der Waals surface area contributed by atoms with E-state index >= 15 is 0 Å². The summed E-state index contributed by atoms with van der Waals surface area (Å²) in [6.45, 7) is 0.563. The van der Waals surface area contributed by atoms with Gasteiger partial charge in [-0.25, -0.2) is 0 Å². The monoisotopic (exact) mass is 227 g/mol. The summed E-state index contributed by atoms with van der Waals surface area (Å²) < 4.78 is 0. The lowest BCUT2D eigenvalue weighted by Gasteiger charge is -2.16. The summed E-state index contributed by atoms with van der Waals surface area (Å²) in [6, 6.07) is 15.7. The molecule has 88 valence electrons. The standard InChI is InChI=1S/C14H17N3/c15-9-14(10-1-5-12(16)6-2-10)11-3-7-13(17)8-4-11/h1-8,14H,9,15-17H2. The highest BCUT2D eigenvalue weighted by atomic mass is 14.6. The SMILES string of the molecule is NCC(c1ccc(N)cc1)c1ccc(N)cc1. The molecule has 0 amide bonds. The summed E-state index contributed by atoms with van der Waals surface area (Å²) in [6.07, 6.45) is 0. The van der Waals surface area contributed by atoms with Crippen molar-refractivity contribution in [2.75, 3.05) is 18.0 Å². The van der Waals surface area contributed by atoms with E-state index in [1.54, 1.807) is 0 Å². The lowest BCUT2D eigenvalue weighted by atomic mass is 9.91. The van der Waals surface area contributed by atoms with E-state index in [0.29, 0.717) is 6.54 Å². The van der Waals surface area contributed by atoms with Gasteiger partial charge in [0.2, 0.25) is 0 Å². The third-order valence-electron chi connectivity index (χ3n) is 2.91. The number of nitrogen functional groups attached to an aromatic ring is 2. The van der Waals surface area contributed by atoms with Gasteiger partial charge in [-0.1, -0.05) is 24.3 Å². The summed E-state index contributed by atoms with van der Waals surface area (Å²) in [5, 5.41) is 0. The molecule has 2 aromatic rings. The van der Waals surface area contributed by atoms with E-state index in [2.05, 4.69) is 0 Å². The normalized spacial score (nSPS) is 10.7. The zero-order chi connectivity index (χ0) is 12.3. The minimum atomic E-state index is 0.191. The van der Waals surface area contributed by atoms with Crippen LogP contribution in [0.3, 0.4) is 0 Å². The average Bonchev–Trinajstić information content (AvgIpc) is 2.35. The highest BCUT2D eigenvalue weighted by Gasteiger charge is 2.11. The Morgan fingerprint density at radius 2 is 1.06 bits per heavy atom. The third kappa shape index (κ3) is 2.57. The van der Waals surface area contributed by atoms with Crippen LogP contribution in [-0.2, 0) is 0 Å². The van der Waals surface area contributed by atoms with Crippen molar-refractivity contribution in [3.05, 3.63) is 59.7 Å². The quantitative estimate of drug-likeness (QED) is 0.701.